The minimum Gasteiger partial charge on any atom is -0.370 e. The van der Waals surface area contributed by atoms with Crippen LogP contribution in [0.25, 0.3) is 0 Å². The normalized spacial score (nSPS) is 26.9. The molecule has 0 amide bonds. The van der Waals surface area contributed by atoms with Gasteiger partial charge in [-0.05, 0) is 31.6 Å². The first-order valence-electron chi connectivity index (χ1n) is 6.90. The Hall–Kier alpha value is -1.12. The lowest BCUT2D eigenvalue weighted by atomic mass is 10.2. The zero-order valence-electron chi connectivity index (χ0n) is 10.7. The Morgan fingerprint density at radius 3 is 2.71 bits per heavy atom. The van der Waals surface area contributed by atoms with E-state index in [1.807, 2.05) is 0 Å². The van der Waals surface area contributed by atoms with Crippen LogP contribution in [-0.4, -0.2) is 16.5 Å². The van der Waals surface area contributed by atoms with Gasteiger partial charge in [-0.2, -0.15) is 0 Å². The van der Waals surface area contributed by atoms with Crippen LogP contribution >= 0.6 is 0 Å². The van der Waals surface area contributed by atoms with Gasteiger partial charge < -0.3 is 5.32 Å². The molecule has 2 unspecified atom stereocenters. The van der Waals surface area contributed by atoms with Crippen LogP contribution in [0, 0.1) is 5.92 Å². The molecule has 3 heteroatoms. The van der Waals surface area contributed by atoms with E-state index in [4.69, 9.17) is 4.98 Å². The van der Waals surface area contributed by atoms with Gasteiger partial charge >= 0.3 is 0 Å². The number of nitrogens with one attached hydrogen (secondary N) is 1. The van der Waals surface area contributed by atoms with Gasteiger partial charge in [-0.15, -0.1) is 0 Å². The summed E-state index contributed by atoms with van der Waals surface area (Å²) in [4.78, 5) is 9.44. The van der Waals surface area contributed by atoms with Crippen molar-refractivity contribution < 1.29 is 0 Å². The van der Waals surface area contributed by atoms with Crippen LogP contribution < -0.4 is 5.32 Å². The molecule has 3 rings (SSSR count). The van der Waals surface area contributed by atoms with Gasteiger partial charge in [0.25, 0.3) is 0 Å². The van der Waals surface area contributed by atoms with E-state index in [0.717, 1.165) is 30.5 Å². The van der Waals surface area contributed by atoms with E-state index in [1.54, 1.807) is 0 Å². The molecule has 0 aromatic carbocycles. The standard InChI is InChI=1S/C14H21N3/c1-3-6-15-13-8-12(10-4-5-10)16-14(17-13)11-7-9(11)2/h8-11H,3-7H2,1-2H3,(H,15,16,17). The second-order valence-electron chi connectivity index (χ2n) is 5.56. The van der Waals surface area contributed by atoms with Crippen molar-refractivity contribution in [3.05, 3.63) is 17.6 Å². The van der Waals surface area contributed by atoms with E-state index in [-0.39, 0.29) is 0 Å². The number of hydrogen-bond donors (Lipinski definition) is 1. The van der Waals surface area contributed by atoms with Crippen LogP contribution in [0.2, 0.25) is 0 Å². The second-order valence-corrected chi connectivity index (χ2v) is 5.56. The fraction of sp³-hybridized carbons (Fsp3) is 0.714. The van der Waals surface area contributed by atoms with E-state index >= 15 is 0 Å². The number of rotatable bonds is 5. The van der Waals surface area contributed by atoms with E-state index in [0.29, 0.717) is 11.8 Å². The van der Waals surface area contributed by atoms with Gasteiger partial charge in [-0.3, -0.25) is 0 Å². The molecule has 0 radical (unpaired) electrons. The monoisotopic (exact) mass is 231 g/mol. The fourth-order valence-electron chi connectivity index (χ4n) is 2.26. The van der Waals surface area contributed by atoms with Crippen LogP contribution in [0.1, 0.15) is 62.9 Å². The fourth-order valence-corrected chi connectivity index (χ4v) is 2.26. The molecule has 3 nitrogen and oxygen atoms in total. The largest absolute Gasteiger partial charge is 0.370 e. The van der Waals surface area contributed by atoms with Gasteiger partial charge in [-0.1, -0.05) is 13.8 Å². The van der Waals surface area contributed by atoms with Crippen molar-refractivity contribution in [1.82, 2.24) is 9.97 Å². The Labute approximate surface area is 103 Å². The summed E-state index contributed by atoms with van der Waals surface area (Å²) in [6.45, 7) is 5.47. The van der Waals surface area contributed by atoms with Crippen LogP contribution in [0.4, 0.5) is 5.82 Å². The van der Waals surface area contributed by atoms with Gasteiger partial charge in [0.1, 0.15) is 11.6 Å². The predicted octanol–water partition coefficient (Wildman–Crippen LogP) is 3.30. The van der Waals surface area contributed by atoms with E-state index in [1.165, 1.54) is 25.0 Å². The summed E-state index contributed by atoms with van der Waals surface area (Å²) in [6.07, 6.45) is 5.02. The Morgan fingerprint density at radius 1 is 1.35 bits per heavy atom. The Kier molecular flexibility index (Phi) is 2.77. The van der Waals surface area contributed by atoms with Crippen molar-refractivity contribution in [3.63, 3.8) is 0 Å². The minimum atomic E-state index is 0.621. The maximum atomic E-state index is 4.76. The molecule has 1 heterocycles. The summed E-state index contributed by atoms with van der Waals surface area (Å²) in [7, 11) is 0. The SMILES string of the molecule is CCCNc1cc(C2CC2)nc(C2CC2C)n1. The molecule has 2 fully saturated rings. The van der Waals surface area contributed by atoms with Crippen LogP contribution in [0.5, 0.6) is 0 Å². The highest BCUT2D eigenvalue weighted by Crippen LogP contribution is 2.47. The minimum absolute atomic E-state index is 0.621. The molecule has 2 saturated carbocycles. The second kappa shape index (κ2) is 4.28. The first kappa shape index (κ1) is 11.0. The topological polar surface area (TPSA) is 37.8 Å². The van der Waals surface area contributed by atoms with Crippen molar-refractivity contribution in [2.75, 3.05) is 11.9 Å². The Bertz CT molecular complexity index is 412. The van der Waals surface area contributed by atoms with Crippen LogP contribution in [0.3, 0.4) is 0 Å². The molecular weight excluding hydrogens is 210 g/mol. The van der Waals surface area contributed by atoms with Gasteiger partial charge in [0, 0.05) is 30.1 Å². The lowest BCUT2D eigenvalue weighted by Crippen LogP contribution is -2.06. The first-order valence-corrected chi connectivity index (χ1v) is 6.90. The van der Waals surface area contributed by atoms with E-state index in [2.05, 4.69) is 30.2 Å². The van der Waals surface area contributed by atoms with Gasteiger partial charge in [0.15, 0.2) is 0 Å². The highest BCUT2D eigenvalue weighted by Gasteiger charge is 2.37. The average molecular weight is 231 g/mol. The van der Waals surface area contributed by atoms with E-state index < -0.39 is 0 Å². The summed E-state index contributed by atoms with van der Waals surface area (Å²) in [6, 6.07) is 2.16. The molecule has 17 heavy (non-hydrogen) atoms. The molecule has 92 valence electrons. The number of anilines is 1. The Morgan fingerprint density at radius 2 is 2.12 bits per heavy atom. The summed E-state index contributed by atoms with van der Waals surface area (Å²) >= 11 is 0. The molecule has 0 saturated heterocycles. The molecule has 2 atom stereocenters. The zero-order valence-corrected chi connectivity index (χ0v) is 10.7. The lowest BCUT2D eigenvalue weighted by molar-refractivity contribution is 0.816. The molecule has 2 aliphatic rings. The zero-order chi connectivity index (χ0) is 11.8. The molecule has 0 aliphatic heterocycles. The third-order valence-electron chi connectivity index (χ3n) is 3.76. The third-order valence-corrected chi connectivity index (χ3v) is 3.76. The van der Waals surface area contributed by atoms with Gasteiger partial charge in [0.2, 0.25) is 0 Å². The molecule has 0 spiro atoms. The summed E-state index contributed by atoms with van der Waals surface area (Å²) in [5.41, 5.74) is 1.27. The van der Waals surface area contributed by atoms with Crippen molar-refractivity contribution in [2.24, 2.45) is 5.92 Å². The smallest absolute Gasteiger partial charge is 0.134 e. The highest BCUT2D eigenvalue weighted by molar-refractivity contribution is 5.39. The molecule has 1 aromatic heterocycles. The summed E-state index contributed by atoms with van der Waals surface area (Å²) in [5.74, 6) is 4.24. The number of aromatic nitrogens is 2. The number of hydrogen-bond acceptors (Lipinski definition) is 3. The number of nitrogens with zero attached hydrogens (tertiary/aromatic N) is 2. The van der Waals surface area contributed by atoms with Gasteiger partial charge in [-0.25, -0.2) is 9.97 Å². The van der Waals surface area contributed by atoms with Crippen molar-refractivity contribution in [3.8, 4) is 0 Å². The molecular formula is C14H21N3. The van der Waals surface area contributed by atoms with Crippen molar-refractivity contribution >= 4 is 5.82 Å². The first-order chi connectivity index (χ1) is 8.28. The molecule has 2 aliphatic carbocycles. The molecule has 0 bridgehead atoms. The predicted molar refractivity (Wildman–Crippen MR) is 69.3 cm³/mol. The van der Waals surface area contributed by atoms with Crippen molar-refractivity contribution in [2.45, 2.75) is 51.4 Å². The summed E-state index contributed by atoms with van der Waals surface area (Å²) in [5, 5.41) is 3.40. The quantitative estimate of drug-likeness (QED) is 0.845. The highest BCUT2D eigenvalue weighted by atomic mass is 15.0. The third kappa shape index (κ3) is 2.43. The van der Waals surface area contributed by atoms with Crippen molar-refractivity contribution in [1.29, 1.82) is 0 Å². The lowest BCUT2D eigenvalue weighted by Gasteiger charge is -2.08. The van der Waals surface area contributed by atoms with E-state index in [9.17, 15) is 0 Å². The molecule has 1 N–H and O–H groups in total. The Balaban J connectivity index is 1.84. The summed E-state index contributed by atoms with van der Waals surface area (Å²) < 4.78 is 0. The molecule has 1 aromatic rings. The maximum absolute atomic E-state index is 4.76. The van der Waals surface area contributed by atoms with Crippen LogP contribution in [-0.2, 0) is 0 Å². The average Bonchev–Trinajstić information content (AvgIpc) is 3.20. The van der Waals surface area contributed by atoms with Crippen LogP contribution in [0.15, 0.2) is 6.07 Å². The maximum Gasteiger partial charge on any atom is 0.134 e. The van der Waals surface area contributed by atoms with Gasteiger partial charge in [0.05, 0.1) is 0 Å².